The first-order valence-corrected chi connectivity index (χ1v) is 10.8. The summed E-state index contributed by atoms with van der Waals surface area (Å²) < 4.78 is 0. The van der Waals surface area contributed by atoms with Gasteiger partial charge in [-0.15, -0.1) is 0 Å². The Labute approximate surface area is 177 Å². The van der Waals surface area contributed by atoms with E-state index in [-0.39, 0.29) is 23.3 Å². The highest BCUT2D eigenvalue weighted by Crippen LogP contribution is 2.25. The monoisotopic (exact) mass is 416 g/mol. The Morgan fingerprint density at radius 1 is 1.03 bits per heavy atom. The molecule has 3 rings (SSSR count). The number of hydrogen-bond donors (Lipinski definition) is 2. The molecule has 8 nitrogen and oxygen atoms in total. The Morgan fingerprint density at radius 3 is 2.30 bits per heavy atom. The summed E-state index contributed by atoms with van der Waals surface area (Å²) in [4.78, 5) is 42.4. The minimum atomic E-state index is -1.06. The highest BCUT2D eigenvalue weighted by atomic mass is 16.4. The molecule has 0 radical (unpaired) electrons. The molecule has 0 bridgehead atoms. The average Bonchev–Trinajstić information content (AvgIpc) is 3.23. The first kappa shape index (κ1) is 22.1. The van der Waals surface area contributed by atoms with E-state index >= 15 is 0 Å². The summed E-state index contributed by atoms with van der Waals surface area (Å²) in [6.45, 7) is 9.06. The fourth-order valence-corrected chi connectivity index (χ4v) is 4.01. The van der Waals surface area contributed by atoms with E-state index in [1.807, 2.05) is 24.8 Å². The van der Waals surface area contributed by atoms with Crippen LogP contribution in [-0.2, 0) is 9.59 Å². The number of aromatic carboxylic acids is 1. The second kappa shape index (κ2) is 9.93. The zero-order valence-electron chi connectivity index (χ0n) is 17.9. The van der Waals surface area contributed by atoms with Gasteiger partial charge in [0.1, 0.15) is 0 Å². The second-order valence-corrected chi connectivity index (χ2v) is 8.53. The third-order valence-corrected chi connectivity index (χ3v) is 5.66. The molecule has 2 saturated heterocycles. The van der Waals surface area contributed by atoms with Crippen LogP contribution in [0.1, 0.15) is 43.5 Å². The molecule has 2 aliphatic heterocycles. The molecule has 2 N–H and O–H groups in total. The Balaban J connectivity index is 1.59. The van der Waals surface area contributed by atoms with Gasteiger partial charge in [0, 0.05) is 51.4 Å². The summed E-state index contributed by atoms with van der Waals surface area (Å²) in [6, 6.07) is 5.14. The molecule has 8 heteroatoms. The van der Waals surface area contributed by atoms with Gasteiger partial charge in [-0.1, -0.05) is 13.8 Å². The number of piperazine rings is 1. The van der Waals surface area contributed by atoms with Crippen LogP contribution in [-0.4, -0.2) is 78.5 Å². The number of nitrogens with one attached hydrogen (secondary N) is 1. The van der Waals surface area contributed by atoms with Crippen molar-refractivity contribution in [2.24, 2.45) is 5.92 Å². The van der Waals surface area contributed by atoms with Crippen LogP contribution in [0.2, 0.25) is 0 Å². The number of likely N-dealkylation sites (tertiary alicyclic amines) is 1. The number of carboxylic acid groups (broad SMARTS) is 1. The predicted octanol–water partition coefficient (Wildman–Crippen LogP) is 2.11. The summed E-state index contributed by atoms with van der Waals surface area (Å²) in [5.74, 6) is -0.843. The average molecular weight is 417 g/mol. The van der Waals surface area contributed by atoms with Crippen LogP contribution in [0.5, 0.6) is 0 Å². The second-order valence-electron chi connectivity index (χ2n) is 8.53. The number of carbonyl (C=O) groups excluding carboxylic acids is 2. The van der Waals surface area contributed by atoms with Crippen LogP contribution in [0.15, 0.2) is 18.2 Å². The Hall–Kier alpha value is -2.61. The minimum Gasteiger partial charge on any atom is -0.478 e. The third-order valence-electron chi connectivity index (χ3n) is 5.66. The van der Waals surface area contributed by atoms with Gasteiger partial charge in [-0.05, 0) is 37.0 Å². The van der Waals surface area contributed by atoms with E-state index in [9.17, 15) is 19.5 Å². The molecule has 0 aromatic heterocycles. The summed E-state index contributed by atoms with van der Waals surface area (Å²) in [5, 5.41) is 12.3. The summed E-state index contributed by atoms with van der Waals surface area (Å²) in [7, 11) is 0. The lowest BCUT2D eigenvalue weighted by molar-refractivity contribution is -0.131. The maximum absolute atomic E-state index is 12.3. The van der Waals surface area contributed by atoms with Crippen molar-refractivity contribution in [1.29, 1.82) is 0 Å². The van der Waals surface area contributed by atoms with Gasteiger partial charge in [0.2, 0.25) is 11.8 Å². The molecule has 0 saturated carbocycles. The first-order valence-electron chi connectivity index (χ1n) is 10.8. The minimum absolute atomic E-state index is 0.0937. The lowest BCUT2D eigenvalue weighted by Gasteiger charge is -2.36. The predicted molar refractivity (Wildman–Crippen MR) is 116 cm³/mol. The maximum Gasteiger partial charge on any atom is 0.337 e. The number of nitrogens with zero attached hydrogens (tertiary/aromatic N) is 3. The molecule has 2 aliphatic rings. The molecule has 0 spiro atoms. The molecule has 2 amide bonds. The summed E-state index contributed by atoms with van der Waals surface area (Å²) in [6.07, 6.45) is 2.54. The zero-order chi connectivity index (χ0) is 21.7. The summed E-state index contributed by atoms with van der Waals surface area (Å²) >= 11 is 0. The molecule has 1 aromatic carbocycles. The Kier molecular flexibility index (Phi) is 7.31. The number of amides is 2. The van der Waals surface area contributed by atoms with Crippen LogP contribution in [0.4, 0.5) is 11.4 Å². The van der Waals surface area contributed by atoms with E-state index in [0.717, 1.165) is 57.8 Å². The molecule has 1 aromatic rings. The number of rotatable bonds is 7. The van der Waals surface area contributed by atoms with Gasteiger partial charge in [-0.3, -0.25) is 14.5 Å². The topological polar surface area (TPSA) is 93.2 Å². The molecule has 30 heavy (non-hydrogen) atoms. The molecule has 164 valence electrons. The number of carbonyl (C=O) groups is 3. The molecule has 0 aliphatic carbocycles. The van der Waals surface area contributed by atoms with Crippen LogP contribution in [0.25, 0.3) is 0 Å². The zero-order valence-corrected chi connectivity index (χ0v) is 17.9. The standard InChI is InChI=1S/C22H32N4O4/c1-16(2)13-20(27)23-19-6-5-17(14-18(19)22(29)30)25-11-9-24(10-12-25)15-21(28)26-7-3-4-8-26/h5-6,14,16H,3-4,7-13,15H2,1-2H3,(H,23,27)(H,29,30). The lowest BCUT2D eigenvalue weighted by atomic mass is 10.1. The van der Waals surface area contributed by atoms with Gasteiger partial charge in [-0.2, -0.15) is 0 Å². The van der Waals surface area contributed by atoms with Crippen molar-refractivity contribution >= 4 is 29.2 Å². The molecule has 0 unspecified atom stereocenters. The van der Waals surface area contributed by atoms with Crippen molar-refractivity contribution in [2.75, 3.05) is 56.0 Å². The van der Waals surface area contributed by atoms with Crippen LogP contribution >= 0.6 is 0 Å². The Bertz CT molecular complexity index is 781. The quantitative estimate of drug-likeness (QED) is 0.707. The van der Waals surface area contributed by atoms with Gasteiger partial charge in [0.05, 0.1) is 17.8 Å². The largest absolute Gasteiger partial charge is 0.478 e. The number of benzene rings is 1. The Morgan fingerprint density at radius 2 is 1.70 bits per heavy atom. The van der Waals surface area contributed by atoms with Crippen molar-refractivity contribution in [2.45, 2.75) is 33.1 Å². The van der Waals surface area contributed by atoms with Crippen molar-refractivity contribution in [1.82, 2.24) is 9.80 Å². The van der Waals surface area contributed by atoms with Crippen LogP contribution in [0.3, 0.4) is 0 Å². The third kappa shape index (κ3) is 5.72. The maximum atomic E-state index is 12.3. The van der Waals surface area contributed by atoms with E-state index in [0.29, 0.717) is 18.7 Å². The van der Waals surface area contributed by atoms with E-state index in [4.69, 9.17) is 0 Å². The normalized spacial score (nSPS) is 17.4. The SMILES string of the molecule is CC(C)CC(=O)Nc1ccc(N2CCN(CC(=O)N3CCCC3)CC2)cc1C(=O)O. The van der Waals surface area contributed by atoms with Crippen molar-refractivity contribution in [3.8, 4) is 0 Å². The van der Waals surface area contributed by atoms with Crippen molar-refractivity contribution in [3.05, 3.63) is 23.8 Å². The van der Waals surface area contributed by atoms with E-state index < -0.39 is 5.97 Å². The van der Waals surface area contributed by atoms with Crippen LogP contribution in [0, 0.1) is 5.92 Å². The van der Waals surface area contributed by atoms with Gasteiger partial charge >= 0.3 is 5.97 Å². The highest BCUT2D eigenvalue weighted by molar-refractivity contribution is 6.01. The fraction of sp³-hybridized carbons (Fsp3) is 0.591. The summed E-state index contributed by atoms with van der Waals surface area (Å²) in [5.41, 5.74) is 1.24. The van der Waals surface area contributed by atoms with Crippen LogP contribution < -0.4 is 10.2 Å². The van der Waals surface area contributed by atoms with E-state index in [2.05, 4.69) is 15.1 Å². The van der Waals surface area contributed by atoms with Crippen molar-refractivity contribution < 1.29 is 19.5 Å². The molecular formula is C22H32N4O4. The first-order chi connectivity index (χ1) is 14.3. The molecule has 0 atom stereocenters. The number of hydrogen-bond acceptors (Lipinski definition) is 5. The van der Waals surface area contributed by atoms with Gasteiger partial charge in [0.15, 0.2) is 0 Å². The van der Waals surface area contributed by atoms with E-state index in [1.54, 1.807) is 12.1 Å². The lowest BCUT2D eigenvalue weighted by Crippen LogP contribution is -2.49. The molecule has 2 heterocycles. The number of anilines is 2. The fourth-order valence-electron chi connectivity index (χ4n) is 4.01. The smallest absolute Gasteiger partial charge is 0.337 e. The van der Waals surface area contributed by atoms with E-state index in [1.165, 1.54) is 0 Å². The molecule has 2 fully saturated rings. The van der Waals surface area contributed by atoms with Crippen molar-refractivity contribution in [3.63, 3.8) is 0 Å². The van der Waals surface area contributed by atoms with Gasteiger partial charge < -0.3 is 20.2 Å². The number of carboxylic acids is 1. The highest BCUT2D eigenvalue weighted by Gasteiger charge is 2.24. The molecular weight excluding hydrogens is 384 g/mol. The van der Waals surface area contributed by atoms with Gasteiger partial charge in [-0.25, -0.2) is 4.79 Å². The van der Waals surface area contributed by atoms with Gasteiger partial charge in [0.25, 0.3) is 0 Å².